The molecule has 4 rings (SSSR count). The van der Waals surface area contributed by atoms with Crippen molar-refractivity contribution in [3.63, 3.8) is 0 Å². The van der Waals surface area contributed by atoms with E-state index in [4.69, 9.17) is 4.98 Å². The molecule has 0 aliphatic carbocycles. The molecule has 0 saturated carbocycles. The van der Waals surface area contributed by atoms with Gasteiger partial charge < -0.3 is 4.90 Å². The van der Waals surface area contributed by atoms with E-state index in [1.54, 1.807) is 18.2 Å². The van der Waals surface area contributed by atoms with Crippen LogP contribution in [0.3, 0.4) is 0 Å². The van der Waals surface area contributed by atoms with Crippen LogP contribution in [0.5, 0.6) is 0 Å². The van der Waals surface area contributed by atoms with Crippen LogP contribution in [-0.2, 0) is 17.6 Å². The molecule has 148 valence electrons. The van der Waals surface area contributed by atoms with Gasteiger partial charge in [-0.25, -0.2) is 8.78 Å². The van der Waals surface area contributed by atoms with Crippen LogP contribution in [0.25, 0.3) is 0 Å². The number of aromatic nitrogens is 1. The lowest BCUT2D eigenvalue weighted by Crippen LogP contribution is -2.32. The third kappa shape index (κ3) is 4.67. The first-order valence-electron chi connectivity index (χ1n) is 9.83. The van der Waals surface area contributed by atoms with E-state index in [0.29, 0.717) is 13.0 Å². The number of amides is 1. The van der Waals surface area contributed by atoms with E-state index in [9.17, 15) is 13.6 Å². The average Bonchev–Trinajstić information content (AvgIpc) is 3.20. The van der Waals surface area contributed by atoms with Gasteiger partial charge in [-0.15, -0.1) is 0 Å². The highest BCUT2D eigenvalue weighted by Gasteiger charge is 2.30. The van der Waals surface area contributed by atoms with Crippen LogP contribution in [0, 0.1) is 11.6 Å². The van der Waals surface area contributed by atoms with Crippen molar-refractivity contribution in [3.8, 4) is 0 Å². The number of pyridine rings is 1. The van der Waals surface area contributed by atoms with Gasteiger partial charge in [0.05, 0.1) is 18.2 Å². The molecule has 0 radical (unpaired) electrons. The number of hydrogen-bond donors (Lipinski definition) is 0. The van der Waals surface area contributed by atoms with Crippen molar-refractivity contribution >= 4 is 5.91 Å². The van der Waals surface area contributed by atoms with Crippen molar-refractivity contribution in [2.45, 2.75) is 31.7 Å². The highest BCUT2D eigenvalue weighted by Crippen LogP contribution is 2.31. The first kappa shape index (κ1) is 19.2. The Morgan fingerprint density at radius 3 is 2.55 bits per heavy atom. The summed E-state index contributed by atoms with van der Waals surface area (Å²) in [5.41, 5.74) is 3.38. The van der Waals surface area contributed by atoms with E-state index < -0.39 is 0 Å². The molecule has 0 N–H and O–H groups in total. The molecule has 1 aromatic heterocycles. The van der Waals surface area contributed by atoms with E-state index in [-0.39, 0.29) is 30.0 Å². The van der Waals surface area contributed by atoms with E-state index in [1.807, 2.05) is 29.2 Å². The molecule has 1 saturated heterocycles. The van der Waals surface area contributed by atoms with Crippen LogP contribution in [0.2, 0.25) is 0 Å². The number of nitrogens with zero attached hydrogens (tertiary/aromatic N) is 2. The Bertz CT molecular complexity index is 1000. The van der Waals surface area contributed by atoms with Crippen molar-refractivity contribution in [2.24, 2.45) is 0 Å². The van der Waals surface area contributed by atoms with Gasteiger partial charge in [-0.05, 0) is 60.4 Å². The van der Waals surface area contributed by atoms with E-state index >= 15 is 0 Å². The Kier molecular flexibility index (Phi) is 5.65. The molecule has 1 amide bonds. The lowest BCUT2D eigenvalue weighted by atomic mass is 10.1. The Hall–Kier alpha value is -3.08. The Labute approximate surface area is 169 Å². The summed E-state index contributed by atoms with van der Waals surface area (Å²) >= 11 is 0. The summed E-state index contributed by atoms with van der Waals surface area (Å²) in [6, 6.07) is 18.3. The van der Waals surface area contributed by atoms with Gasteiger partial charge in [-0.1, -0.05) is 30.3 Å². The zero-order valence-electron chi connectivity index (χ0n) is 16.0. The smallest absolute Gasteiger partial charge is 0.227 e. The number of hydrogen-bond acceptors (Lipinski definition) is 2. The summed E-state index contributed by atoms with van der Waals surface area (Å²) < 4.78 is 26.6. The highest BCUT2D eigenvalue weighted by atomic mass is 19.1. The van der Waals surface area contributed by atoms with Gasteiger partial charge in [0.25, 0.3) is 0 Å². The summed E-state index contributed by atoms with van der Waals surface area (Å²) in [6.45, 7) is 0.695. The zero-order valence-corrected chi connectivity index (χ0v) is 16.0. The second-order valence-electron chi connectivity index (χ2n) is 7.41. The molecule has 1 atom stereocenters. The lowest BCUT2D eigenvalue weighted by molar-refractivity contribution is -0.131. The predicted molar refractivity (Wildman–Crippen MR) is 107 cm³/mol. The SMILES string of the molecule is O=C(Cc1ccc(F)cc1)N1CCCC1c1cccc(Cc2cccc(F)c2)n1. The lowest BCUT2D eigenvalue weighted by Gasteiger charge is -2.25. The topological polar surface area (TPSA) is 33.2 Å². The number of benzene rings is 2. The maximum Gasteiger partial charge on any atom is 0.227 e. The molecule has 0 spiro atoms. The summed E-state index contributed by atoms with van der Waals surface area (Å²) in [7, 11) is 0. The summed E-state index contributed by atoms with van der Waals surface area (Å²) in [5.74, 6) is -0.539. The van der Waals surface area contributed by atoms with Gasteiger partial charge in [0.15, 0.2) is 0 Å². The van der Waals surface area contributed by atoms with Crippen LogP contribution in [0.1, 0.15) is 41.4 Å². The fourth-order valence-corrected chi connectivity index (χ4v) is 3.89. The van der Waals surface area contributed by atoms with E-state index in [1.165, 1.54) is 24.3 Å². The number of carbonyl (C=O) groups is 1. The molecule has 5 heteroatoms. The third-order valence-electron chi connectivity index (χ3n) is 5.29. The van der Waals surface area contributed by atoms with Gasteiger partial charge in [-0.2, -0.15) is 0 Å². The van der Waals surface area contributed by atoms with Gasteiger partial charge in [0.1, 0.15) is 11.6 Å². The molecule has 1 unspecified atom stereocenters. The molecule has 3 aromatic rings. The van der Waals surface area contributed by atoms with Crippen LogP contribution >= 0.6 is 0 Å². The summed E-state index contributed by atoms with van der Waals surface area (Å²) in [6.07, 6.45) is 2.59. The monoisotopic (exact) mass is 392 g/mol. The van der Waals surface area contributed by atoms with Crippen LogP contribution in [0.15, 0.2) is 66.7 Å². The fraction of sp³-hybridized carbons (Fsp3) is 0.250. The van der Waals surface area contributed by atoms with Gasteiger partial charge in [0, 0.05) is 18.7 Å². The second kappa shape index (κ2) is 8.52. The molecular weight excluding hydrogens is 370 g/mol. The van der Waals surface area contributed by atoms with Crippen molar-refractivity contribution in [1.29, 1.82) is 0 Å². The van der Waals surface area contributed by atoms with Crippen molar-refractivity contribution in [2.75, 3.05) is 6.54 Å². The second-order valence-corrected chi connectivity index (χ2v) is 7.41. The number of rotatable bonds is 5. The first-order chi connectivity index (χ1) is 14.1. The molecule has 2 aromatic carbocycles. The minimum absolute atomic E-state index is 0.0245. The molecule has 1 aliphatic heterocycles. The van der Waals surface area contributed by atoms with Crippen LogP contribution in [0.4, 0.5) is 8.78 Å². The molecular formula is C24H22F2N2O. The Morgan fingerprint density at radius 2 is 1.76 bits per heavy atom. The Balaban J connectivity index is 1.49. The minimum Gasteiger partial charge on any atom is -0.334 e. The number of likely N-dealkylation sites (tertiary alicyclic amines) is 1. The normalized spacial score (nSPS) is 16.2. The van der Waals surface area contributed by atoms with Crippen molar-refractivity contribution in [3.05, 3.63) is 101 Å². The van der Waals surface area contributed by atoms with Crippen LogP contribution in [-0.4, -0.2) is 22.3 Å². The highest BCUT2D eigenvalue weighted by molar-refractivity contribution is 5.79. The first-order valence-corrected chi connectivity index (χ1v) is 9.83. The Morgan fingerprint density at radius 1 is 0.966 bits per heavy atom. The number of carbonyl (C=O) groups excluding carboxylic acids is 1. The predicted octanol–water partition coefficient (Wildman–Crippen LogP) is 4.86. The third-order valence-corrected chi connectivity index (χ3v) is 5.29. The molecule has 29 heavy (non-hydrogen) atoms. The van der Waals surface area contributed by atoms with E-state index in [0.717, 1.165) is 35.4 Å². The average molecular weight is 392 g/mol. The van der Waals surface area contributed by atoms with Gasteiger partial charge in [-0.3, -0.25) is 9.78 Å². The van der Waals surface area contributed by atoms with E-state index in [2.05, 4.69) is 0 Å². The molecule has 2 heterocycles. The fourth-order valence-electron chi connectivity index (χ4n) is 3.89. The van der Waals surface area contributed by atoms with Gasteiger partial charge >= 0.3 is 0 Å². The zero-order chi connectivity index (χ0) is 20.2. The summed E-state index contributed by atoms with van der Waals surface area (Å²) in [4.78, 5) is 19.5. The maximum absolute atomic E-state index is 13.5. The molecule has 1 aliphatic rings. The van der Waals surface area contributed by atoms with Gasteiger partial charge in [0.2, 0.25) is 5.91 Å². The molecule has 3 nitrogen and oxygen atoms in total. The summed E-state index contributed by atoms with van der Waals surface area (Å²) in [5, 5.41) is 0. The molecule has 0 bridgehead atoms. The standard InChI is InChI=1S/C24H22F2N2O/c25-19-11-9-17(10-12-19)16-24(29)28-13-3-8-23(28)22-7-2-6-21(27-22)15-18-4-1-5-20(26)14-18/h1-2,4-7,9-12,14,23H,3,8,13,15-16H2. The number of halogens is 2. The largest absolute Gasteiger partial charge is 0.334 e. The minimum atomic E-state index is -0.306. The molecule has 1 fully saturated rings. The van der Waals surface area contributed by atoms with Crippen molar-refractivity contribution in [1.82, 2.24) is 9.88 Å². The van der Waals surface area contributed by atoms with Crippen molar-refractivity contribution < 1.29 is 13.6 Å². The maximum atomic E-state index is 13.5. The van der Waals surface area contributed by atoms with Crippen LogP contribution < -0.4 is 0 Å². The quantitative estimate of drug-likeness (QED) is 0.621.